The molecule has 1 amide bonds. The molecule has 0 saturated heterocycles. The molecule has 1 heterocycles. The van der Waals surface area contributed by atoms with Crippen LogP contribution >= 0.6 is 11.3 Å². The lowest BCUT2D eigenvalue weighted by Crippen LogP contribution is -2.30. The number of aryl methyl sites for hydroxylation is 1. The fourth-order valence-corrected chi connectivity index (χ4v) is 2.57. The molecule has 0 bridgehead atoms. The average molecular weight is 329 g/mol. The summed E-state index contributed by atoms with van der Waals surface area (Å²) in [5.74, 6) is -0.822. The van der Waals surface area contributed by atoms with Crippen molar-refractivity contribution in [3.63, 3.8) is 0 Å². The molecule has 120 valence electrons. The van der Waals surface area contributed by atoms with Crippen LogP contribution in [0.15, 0.2) is 47.9 Å². The normalized spacial score (nSPS) is 10.7. The van der Waals surface area contributed by atoms with Gasteiger partial charge in [-0.15, -0.1) is 11.3 Å². The molecule has 0 spiro atoms. The Morgan fingerprint density at radius 1 is 1.22 bits per heavy atom. The highest BCUT2D eigenvalue weighted by atomic mass is 32.1. The molecule has 5 heteroatoms. The van der Waals surface area contributed by atoms with Gasteiger partial charge in [0.15, 0.2) is 6.61 Å². The maximum atomic E-state index is 11.6. The van der Waals surface area contributed by atoms with Gasteiger partial charge in [0.1, 0.15) is 0 Å². The molecule has 0 radical (unpaired) electrons. The van der Waals surface area contributed by atoms with Crippen molar-refractivity contribution < 1.29 is 14.3 Å². The summed E-state index contributed by atoms with van der Waals surface area (Å²) in [5, 5.41) is 4.72. The molecule has 0 aliphatic rings. The highest BCUT2D eigenvalue weighted by molar-refractivity contribution is 7.09. The second kappa shape index (κ2) is 8.90. The zero-order chi connectivity index (χ0) is 16.5. The summed E-state index contributed by atoms with van der Waals surface area (Å²) in [5.41, 5.74) is 2.07. The minimum absolute atomic E-state index is 0.262. The van der Waals surface area contributed by atoms with Crippen molar-refractivity contribution in [1.29, 1.82) is 0 Å². The van der Waals surface area contributed by atoms with E-state index >= 15 is 0 Å². The van der Waals surface area contributed by atoms with Gasteiger partial charge in [0.25, 0.3) is 5.91 Å². The quantitative estimate of drug-likeness (QED) is 0.627. The van der Waals surface area contributed by atoms with Crippen LogP contribution < -0.4 is 5.32 Å². The number of ether oxygens (including phenoxy) is 1. The molecule has 1 aromatic carbocycles. The molecule has 0 aliphatic carbocycles. The lowest BCUT2D eigenvalue weighted by Gasteiger charge is -2.04. The predicted octanol–water partition coefficient (Wildman–Crippen LogP) is 2.97. The van der Waals surface area contributed by atoms with Gasteiger partial charge in [0, 0.05) is 17.5 Å². The number of carbonyl (C=O) groups excluding carboxylic acids is 2. The standard InChI is InChI=1S/C18H19NO3S/c1-14-4-6-15(7-5-14)8-9-18(21)22-13-17(20)19-11-10-16-3-2-12-23-16/h2-9,12H,10-11,13H2,1H3,(H,19,20)/b9-8+. The van der Waals surface area contributed by atoms with E-state index in [-0.39, 0.29) is 12.5 Å². The topological polar surface area (TPSA) is 55.4 Å². The summed E-state index contributed by atoms with van der Waals surface area (Å²) in [4.78, 5) is 24.4. The Balaban J connectivity index is 1.65. The second-order valence-corrected chi connectivity index (χ2v) is 6.06. The number of amides is 1. The number of hydrogen-bond acceptors (Lipinski definition) is 4. The fourth-order valence-electron chi connectivity index (χ4n) is 1.86. The van der Waals surface area contributed by atoms with E-state index in [1.165, 1.54) is 11.0 Å². The molecule has 0 aliphatic heterocycles. The van der Waals surface area contributed by atoms with Crippen LogP contribution in [0.5, 0.6) is 0 Å². The van der Waals surface area contributed by atoms with Gasteiger partial charge in [-0.3, -0.25) is 4.79 Å². The van der Waals surface area contributed by atoms with Crippen molar-refractivity contribution in [3.05, 3.63) is 63.9 Å². The van der Waals surface area contributed by atoms with E-state index in [2.05, 4.69) is 5.32 Å². The number of carbonyl (C=O) groups is 2. The lowest BCUT2D eigenvalue weighted by atomic mass is 10.1. The van der Waals surface area contributed by atoms with Gasteiger partial charge in [-0.2, -0.15) is 0 Å². The zero-order valence-electron chi connectivity index (χ0n) is 13.0. The summed E-state index contributed by atoms with van der Waals surface area (Å²) in [6.07, 6.45) is 3.77. The Hall–Kier alpha value is -2.40. The maximum absolute atomic E-state index is 11.6. The van der Waals surface area contributed by atoms with Gasteiger partial charge in [-0.25, -0.2) is 4.79 Å². The Morgan fingerprint density at radius 2 is 2.00 bits per heavy atom. The number of esters is 1. The summed E-state index contributed by atoms with van der Waals surface area (Å²) >= 11 is 1.65. The third kappa shape index (κ3) is 6.48. The van der Waals surface area contributed by atoms with Crippen LogP contribution in [0.2, 0.25) is 0 Å². The monoisotopic (exact) mass is 329 g/mol. The molecule has 1 aromatic heterocycles. The van der Waals surface area contributed by atoms with E-state index < -0.39 is 5.97 Å². The lowest BCUT2D eigenvalue weighted by molar-refractivity contribution is -0.143. The summed E-state index contributed by atoms with van der Waals surface area (Å²) in [6.45, 7) is 2.27. The Morgan fingerprint density at radius 3 is 2.70 bits per heavy atom. The maximum Gasteiger partial charge on any atom is 0.331 e. The van der Waals surface area contributed by atoms with E-state index in [4.69, 9.17) is 4.74 Å². The number of benzene rings is 1. The number of rotatable bonds is 7. The Labute approximate surface area is 139 Å². The minimum Gasteiger partial charge on any atom is -0.452 e. The van der Waals surface area contributed by atoms with Crippen molar-refractivity contribution in [2.75, 3.05) is 13.2 Å². The van der Waals surface area contributed by atoms with Gasteiger partial charge in [0.2, 0.25) is 0 Å². The van der Waals surface area contributed by atoms with Crippen molar-refractivity contribution in [3.8, 4) is 0 Å². The second-order valence-electron chi connectivity index (χ2n) is 5.03. The molecule has 0 fully saturated rings. The summed E-state index contributed by atoms with van der Waals surface area (Å²) in [6, 6.07) is 11.8. The third-order valence-electron chi connectivity index (χ3n) is 3.11. The van der Waals surface area contributed by atoms with Crippen molar-refractivity contribution in [2.24, 2.45) is 0 Å². The zero-order valence-corrected chi connectivity index (χ0v) is 13.8. The highest BCUT2D eigenvalue weighted by Gasteiger charge is 2.04. The first-order valence-electron chi connectivity index (χ1n) is 7.34. The van der Waals surface area contributed by atoms with Crippen molar-refractivity contribution in [1.82, 2.24) is 5.32 Å². The van der Waals surface area contributed by atoms with Crippen LogP contribution in [0.1, 0.15) is 16.0 Å². The summed E-state index contributed by atoms with van der Waals surface area (Å²) < 4.78 is 4.90. The van der Waals surface area contributed by atoms with E-state index in [0.29, 0.717) is 6.54 Å². The van der Waals surface area contributed by atoms with Crippen LogP contribution in [0.4, 0.5) is 0 Å². The van der Waals surface area contributed by atoms with E-state index in [9.17, 15) is 9.59 Å². The van der Waals surface area contributed by atoms with Crippen LogP contribution in [0.25, 0.3) is 6.08 Å². The predicted molar refractivity (Wildman–Crippen MR) is 92.2 cm³/mol. The minimum atomic E-state index is -0.529. The third-order valence-corrected chi connectivity index (χ3v) is 4.04. The average Bonchev–Trinajstić information content (AvgIpc) is 3.06. The number of hydrogen-bond donors (Lipinski definition) is 1. The molecule has 0 saturated carbocycles. The van der Waals surface area contributed by atoms with Gasteiger partial charge in [-0.05, 0) is 36.4 Å². The largest absolute Gasteiger partial charge is 0.452 e. The van der Waals surface area contributed by atoms with Crippen LogP contribution in [0, 0.1) is 6.92 Å². The Bertz CT molecular complexity index is 660. The fraction of sp³-hybridized carbons (Fsp3) is 0.222. The van der Waals surface area contributed by atoms with Crippen LogP contribution in [0.3, 0.4) is 0 Å². The van der Waals surface area contributed by atoms with E-state index in [0.717, 1.165) is 17.5 Å². The number of thiophene rings is 1. The molecule has 4 nitrogen and oxygen atoms in total. The van der Waals surface area contributed by atoms with Gasteiger partial charge < -0.3 is 10.1 Å². The van der Waals surface area contributed by atoms with Crippen LogP contribution in [-0.4, -0.2) is 25.0 Å². The SMILES string of the molecule is Cc1ccc(/C=C/C(=O)OCC(=O)NCCc2cccs2)cc1. The van der Waals surface area contributed by atoms with Crippen LogP contribution in [-0.2, 0) is 20.7 Å². The molecule has 2 rings (SSSR count). The summed E-state index contributed by atoms with van der Waals surface area (Å²) in [7, 11) is 0. The molecular weight excluding hydrogens is 310 g/mol. The first-order valence-corrected chi connectivity index (χ1v) is 8.22. The van der Waals surface area contributed by atoms with E-state index in [1.54, 1.807) is 17.4 Å². The van der Waals surface area contributed by atoms with Crippen molar-refractivity contribution in [2.45, 2.75) is 13.3 Å². The first kappa shape index (κ1) is 17.0. The smallest absolute Gasteiger partial charge is 0.331 e. The van der Waals surface area contributed by atoms with Gasteiger partial charge in [0.05, 0.1) is 0 Å². The molecule has 2 aromatic rings. The van der Waals surface area contributed by atoms with E-state index in [1.807, 2.05) is 48.7 Å². The molecular formula is C18H19NO3S. The van der Waals surface area contributed by atoms with Gasteiger partial charge in [-0.1, -0.05) is 35.9 Å². The molecule has 0 atom stereocenters. The highest BCUT2D eigenvalue weighted by Crippen LogP contribution is 2.08. The van der Waals surface area contributed by atoms with Crippen molar-refractivity contribution >= 4 is 29.3 Å². The molecule has 1 N–H and O–H groups in total. The Kier molecular flexibility index (Phi) is 6.56. The molecule has 23 heavy (non-hydrogen) atoms. The number of nitrogens with one attached hydrogen (secondary N) is 1. The first-order chi connectivity index (χ1) is 11.1. The van der Waals surface area contributed by atoms with Gasteiger partial charge >= 0.3 is 5.97 Å². The molecule has 0 unspecified atom stereocenters.